The van der Waals surface area contributed by atoms with E-state index in [9.17, 15) is 9.59 Å². The lowest BCUT2D eigenvalue weighted by Gasteiger charge is -2.15. The van der Waals surface area contributed by atoms with Crippen LogP contribution in [0.4, 0.5) is 4.79 Å². The average molecular weight is 274 g/mol. The van der Waals surface area contributed by atoms with E-state index in [1.807, 2.05) is 0 Å². The van der Waals surface area contributed by atoms with Crippen LogP contribution in [-0.2, 0) is 11.3 Å². The van der Waals surface area contributed by atoms with Crippen LogP contribution in [0.3, 0.4) is 0 Å². The molecule has 1 atom stereocenters. The summed E-state index contributed by atoms with van der Waals surface area (Å²) < 4.78 is 0. The minimum Gasteiger partial charge on any atom is -0.479 e. The first-order chi connectivity index (χ1) is 9.66. The normalized spacial score (nSPS) is 11.6. The number of aliphatic carboxylic acids is 1. The van der Waals surface area contributed by atoms with E-state index < -0.39 is 18.0 Å². The summed E-state index contributed by atoms with van der Waals surface area (Å²) in [4.78, 5) is 29.6. The van der Waals surface area contributed by atoms with Gasteiger partial charge in [0.05, 0.1) is 18.6 Å². The number of carboxylic acids is 1. The molecule has 1 heterocycles. The fourth-order valence-electron chi connectivity index (χ4n) is 1.67. The second-order valence-corrected chi connectivity index (χ2v) is 4.09. The van der Waals surface area contributed by atoms with Gasteiger partial charge in [0.15, 0.2) is 6.04 Å². The average Bonchev–Trinajstić information content (AvgIpc) is 2.96. The number of carbonyl (C=O) groups excluding carboxylic acids is 1. The van der Waals surface area contributed by atoms with E-state index in [1.165, 1.54) is 6.33 Å². The van der Waals surface area contributed by atoms with Gasteiger partial charge in [0.2, 0.25) is 0 Å². The first kappa shape index (κ1) is 13.6. The summed E-state index contributed by atoms with van der Waals surface area (Å²) in [5, 5.41) is 14.1. The number of carbonyl (C=O) groups is 2. The van der Waals surface area contributed by atoms with Gasteiger partial charge in [-0.3, -0.25) is 0 Å². The molecular formula is C13H14N4O3. The van der Waals surface area contributed by atoms with Crippen LogP contribution in [0.1, 0.15) is 17.3 Å². The van der Waals surface area contributed by atoms with Crippen LogP contribution in [-0.4, -0.2) is 27.1 Å². The van der Waals surface area contributed by atoms with E-state index in [0.717, 1.165) is 5.69 Å². The van der Waals surface area contributed by atoms with E-state index in [-0.39, 0.29) is 6.54 Å². The minimum atomic E-state index is -1.12. The van der Waals surface area contributed by atoms with Gasteiger partial charge in [0.1, 0.15) is 0 Å². The first-order valence-corrected chi connectivity index (χ1v) is 5.96. The second-order valence-electron chi connectivity index (χ2n) is 4.09. The van der Waals surface area contributed by atoms with E-state index >= 15 is 0 Å². The minimum absolute atomic E-state index is 0.243. The van der Waals surface area contributed by atoms with Gasteiger partial charge < -0.3 is 20.7 Å². The predicted octanol–water partition coefficient (Wildman–Crippen LogP) is 1.03. The Morgan fingerprint density at radius 2 is 2.05 bits per heavy atom. The van der Waals surface area contributed by atoms with E-state index in [4.69, 9.17) is 5.11 Å². The topological polar surface area (TPSA) is 107 Å². The van der Waals surface area contributed by atoms with Crippen molar-refractivity contribution in [1.29, 1.82) is 0 Å². The zero-order valence-electron chi connectivity index (χ0n) is 10.5. The molecule has 104 valence electrons. The van der Waals surface area contributed by atoms with E-state index in [0.29, 0.717) is 5.56 Å². The Kier molecular flexibility index (Phi) is 4.33. The van der Waals surface area contributed by atoms with Gasteiger partial charge in [-0.1, -0.05) is 30.3 Å². The third-order valence-corrected chi connectivity index (χ3v) is 2.65. The Morgan fingerprint density at radius 3 is 2.65 bits per heavy atom. The van der Waals surface area contributed by atoms with Gasteiger partial charge >= 0.3 is 12.0 Å². The molecule has 0 radical (unpaired) electrons. The van der Waals surface area contributed by atoms with Gasteiger partial charge in [-0.25, -0.2) is 14.6 Å². The number of hydrogen-bond donors (Lipinski definition) is 4. The zero-order chi connectivity index (χ0) is 14.4. The van der Waals surface area contributed by atoms with Gasteiger partial charge in [0, 0.05) is 6.20 Å². The quantitative estimate of drug-likeness (QED) is 0.653. The summed E-state index contributed by atoms with van der Waals surface area (Å²) in [6.07, 6.45) is 3.07. The first-order valence-electron chi connectivity index (χ1n) is 5.96. The molecule has 0 bridgehead atoms. The summed E-state index contributed by atoms with van der Waals surface area (Å²) in [6, 6.07) is 6.86. The van der Waals surface area contributed by atoms with Crippen molar-refractivity contribution in [3.05, 3.63) is 54.1 Å². The van der Waals surface area contributed by atoms with Crippen molar-refractivity contribution in [3.8, 4) is 0 Å². The number of benzene rings is 1. The molecule has 0 spiro atoms. The van der Waals surface area contributed by atoms with Gasteiger partial charge in [0.25, 0.3) is 0 Å². The largest absolute Gasteiger partial charge is 0.479 e. The fourth-order valence-corrected chi connectivity index (χ4v) is 1.67. The molecule has 4 N–H and O–H groups in total. The van der Waals surface area contributed by atoms with Gasteiger partial charge in [-0.05, 0) is 5.56 Å². The van der Waals surface area contributed by atoms with Gasteiger partial charge in [-0.2, -0.15) is 0 Å². The number of rotatable bonds is 5. The highest BCUT2D eigenvalue weighted by molar-refractivity contribution is 5.83. The molecule has 1 aromatic heterocycles. The number of carboxylic acid groups (broad SMARTS) is 1. The van der Waals surface area contributed by atoms with Crippen molar-refractivity contribution < 1.29 is 14.7 Å². The van der Waals surface area contributed by atoms with Gasteiger partial charge in [-0.15, -0.1) is 0 Å². The molecule has 2 amide bonds. The monoisotopic (exact) mass is 274 g/mol. The summed E-state index contributed by atoms with van der Waals surface area (Å²) in [6.45, 7) is 0.243. The highest BCUT2D eigenvalue weighted by Gasteiger charge is 2.21. The summed E-state index contributed by atoms with van der Waals surface area (Å²) in [7, 11) is 0. The Bertz CT molecular complexity index is 569. The number of aromatic amines is 1. The number of imidazole rings is 1. The molecule has 0 aliphatic carbocycles. The molecule has 2 rings (SSSR count). The van der Waals surface area contributed by atoms with Crippen LogP contribution >= 0.6 is 0 Å². The predicted molar refractivity (Wildman–Crippen MR) is 70.8 cm³/mol. The van der Waals surface area contributed by atoms with Crippen LogP contribution in [0.25, 0.3) is 0 Å². The summed E-state index contributed by atoms with van der Waals surface area (Å²) >= 11 is 0. The fraction of sp³-hybridized carbons (Fsp3) is 0.154. The molecule has 2 aromatic rings. The molecule has 0 aliphatic rings. The summed E-state index contributed by atoms with van der Waals surface area (Å²) in [5.74, 6) is -1.12. The highest BCUT2D eigenvalue weighted by Crippen LogP contribution is 2.12. The molecule has 0 aliphatic heterocycles. The summed E-state index contributed by atoms with van der Waals surface area (Å²) in [5.41, 5.74) is 1.24. The maximum atomic E-state index is 11.7. The standard InChI is InChI=1S/C13H14N4O3/c18-12(19)11(9-4-2-1-3-5-9)17-13(20)15-7-10-6-14-8-16-10/h1-6,8,11H,7H2,(H,14,16)(H,18,19)(H2,15,17,20). The van der Waals surface area contributed by atoms with Crippen molar-refractivity contribution in [2.45, 2.75) is 12.6 Å². The number of H-pyrrole nitrogens is 1. The smallest absolute Gasteiger partial charge is 0.330 e. The highest BCUT2D eigenvalue weighted by atomic mass is 16.4. The second kappa shape index (κ2) is 6.37. The molecular weight excluding hydrogens is 260 g/mol. The SMILES string of the molecule is O=C(NCc1cnc[nH]1)NC(C(=O)O)c1ccccc1. The molecule has 0 saturated carbocycles. The van der Waals surface area contributed by atoms with Crippen LogP contribution < -0.4 is 10.6 Å². The Balaban J connectivity index is 1.95. The third-order valence-electron chi connectivity index (χ3n) is 2.65. The molecule has 0 saturated heterocycles. The molecule has 1 unspecified atom stereocenters. The molecule has 20 heavy (non-hydrogen) atoms. The Hall–Kier alpha value is -2.83. The molecule has 7 nitrogen and oxygen atoms in total. The van der Waals surface area contributed by atoms with Crippen molar-refractivity contribution in [1.82, 2.24) is 20.6 Å². The molecule has 7 heteroatoms. The van der Waals surface area contributed by atoms with E-state index in [1.54, 1.807) is 36.5 Å². The van der Waals surface area contributed by atoms with Crippen LogP contribution in [0, 0.1) is 0 Å². The number of nitrogens with one attached hydrogen (secondary N) is 3. The van der Waals surface area contributed by atoms with Crippen LogP contribution in [0.15, 0.2) is 42.9 Å². The van der Waals surface area contributed by atoms with Crippen LogP contribution in [0.2, 0.25) is 0 Å². The number of hydrogen-bond acceptors (Lipinski definition) is 3. The van der Waals surface area contributed by atoms with Crippen molar-refractivity contribution in [3.63, 3.8) is 0 Å². The molecule has 1 aromatic carbocycles. The molecule has 0 fully saturated rings. The van der Waals surface area contributed by atoms with E-state index in [2.05, 4.69) is 20.6 Å². The lowest BCUT2D eigenvalue weighted by Crippen LogP contribution is -2.40. The van der Waals surface area contributed by atoms with Crippen molar-refractivity contribution >= 4 is 12.0 Å². The Morgan fingerprint density at radius 1 is 1.30 bits per heavy atom. The maximum absolute atomic E-state index is 11.7. The van der Waals surface area contributed by atoms with Crippen molar-refractivity contribution in [2.24, 2.45) is 0 Å². The lowest BCUT2D eigenvalue weighted by molar-refractivity contribution is -0.139. The number of urea groups is 1. The third kappa shape index (κ3) is 3.58. The number of aromatic nitrogens is 2. The Labute approximate surface area is 115 Å². The lowest BCUT2D eigenvalue weighted by atomic mass is 10.1. The van der Waals surface area contributed by atoms with Crippen molar-refractivity contribution in [2.75, 3.05) is 0 Å². The number of amides is 2. The maximum Gasteiger partial charge on any atom is 0.330 e. The number of nitrogens with zero attached hydrogens (tertiary/aromatic N) is 1. The zero-order valence-corrected chi connectivity index (χ0v) is 10.5. The van der Waals surface area contributed by atoms with Crippen LogP contribution in [0.5, 0.6) is 0 Å².